The van der Waals surface area contributed by atoms with Gasteiger partial charge in [0.05, 0.1) is 11.1 Å². The summed E-state index contributed by atoms with van der Waals surface area (Å²) in [5.74, 6) is -0.369. The molecule has 0 aliphatic carbocycles. The maximum atomic E-state index is 13.4. The predicted octanol–water partition coefficient (Wildman–Crippen LogP) is 5.81. The molecule has 3 aromatic rings. The van der Waals surface area contributed by atoms with E-state index < -0.39 is 24.2 Å². The molecular weight excluding hydrogens is 450 g/mol. The molecule has 3 heterocycles. The normalized spacial score (nSPS) is 19.1. The lowest BCUT2D eigenvalue weighted by molar-refractivity contribution is -0.152. The molecule has 1 fully saturated rings. The molecule has 0 bridgehead atoms. The van der Waals surface area contributed by atoms with Crippen LogP contribution in [-0.4, -0.2) is 45.2 Å². The minimum absolute atomic E-state index is 0.00108. The van der Waals surface area contributed by atoms with E-state index in [4.69, 9.17) is 21.7 Å². The molecular formula is C24H27ClF2N4O2. The van der Waals surface area contributed by atoms with Crippen LogP contribution in [-0.2, 0) is 4.79 Å². The zero-order valence-corrected chi connectivity index (χ0v) is 19.6. The molecule has 0 amide bonds. The maximum absolute atomic E-state index is 13.4. The second-order valence-electron chi connectivity index (χ2n) is 9.10. The van der Waals surface area contributed by atoms with Crippen LogP contribution < -0.4 is 4.90 Å². The van der Waals surface area contributed by atoms with Crippen molar-refractivity contribution in [1.82, 2.24) is 14.6 Å². The summed E-state index contributed by atoms with van der Waals surface area (Å²) in [6, 6.07) is 9.20. The Kier molecular flexibility index (Phi) is 6.31. The average Bonchev–Trinajstić information content (AvgIpc) is 3.16. The van der Waals surface area contributed by atoms with Gasteiger partial charge in [0.2, 0.25) is 6.43 Å². The first-order chi connectivity index (χ1) is 15.6. The number of alkyl halides is 2. The lowest BCUT2D eigenvalue weighted by Gasteiger charge is -2.41. The summed E-state index contributed by atoms with van der Waals surface area (Å²) in [6.07, 6.45) is -2.63. The molecule has 33 heavy (non-hydrogen) atoms. The van der Waals surface area contributed by atoms with Gasteiger partial charge in [0.25, 0.3) is 0 Å². The standard InChI is InChI=1S/C24H27ClF2N4O2/c1-14(2)21-15(3)28-20-11-18(16-5-7-17(25)8-6-16)29-31(20)22(21)30-10-4-9-24(13-30,23(32)33)12-19(26)27/h5-8,11,14,19H,4,9-10,12-13H2,1-3H3,(H,32,33). The largest absolute Gasteiger partial charge is 0.481 e. The van der Waals surface area contributed by atoms with Crippen LogP contribution >= 0.6 is 11.6 Å². The van der Waals surface area contributed by atoms with E-state index >= 15 is 0 Å². The molecule has 176 valence electrons. The Bertz CT molecular complexity index is 1180. The number of hydrogen-bond donors (Lipinski definition) is 1. The summed E-state index contributed by atoms with van der Waals surface area (Å²) in [4.78, 5) is 18.8. The van der Waals surface area contributed by atoms with E-state index in [1.165, 1.54) is 0 Å². The molecule has 1 unspecified atom stereocenters. The highest BCUT2D eigenvalue weighted by Gasteiger charge is 2.45. The number of fused-ring (bicyclic) bond motifs is 1. The molecule has 0 saturated carbocycles. The van der Waals surface area contributed by atoms with Gasteiger partial charge in [-0.2, -0.15) is 9.61 Å². The van der Waals surface area contributed by atoms with E-state index in [1.807, 2.05) is 43.9 Å². The highest BCUT2D eigenvalue weighted by molar-refractivity contribution is 6.30. The Hall–Kier alpha value is -2.74. The molecule has 6 nitrogen and oxygen atoms in total. The summed E-state index contributed by atoms with van der Waals surface area (Å²) >= 11 is 6.02. The van der Waals surface area contributed by atoms with Gasteiger partial charge < -0.3 is 10.0 Å². The van der Waals surface area contributed by atoms with Gasteiger partial charge in [-0.25, -0.2) is 13.8 Å². The number of hydrogen-bond acceptors (Lipinski definition) is 4. The lowest BCUT2D eigenvalue weighted by Crippen LogP contribution is -2.49. The Morgan fingerprint density at radius 1 is 1.27 bits per heavy atom. The second-order valence-corrected chi connectivity index (χ2v) is 9.54. The number of aryl methyl sites for hydroxylation is 1. The number of halogens is 3. The van der Waals surface area contributed by atoms with Gasteiger partial charge in [-0.3, -0.25) is 4.79 Å². The van der Waals surface area contributed by atoms with Crippen molar-refractivity contribution in [2.24, 2.45) is 5.41 Å². The van der Waals surface area contributed by atoms with E-state index in [1.54, 1.807) is 16.6 Å². The number of aromatic nitrogens is 3. The maximum Gasteiger partial charge on any atom is 0.311 e. The number of carboxylic acids is 1. The first-order valence-electron chi connectivity index (χ1n) is 11.0. The lowest BCUT2D eigenvalue weighted by atomic mass is 9.77. The summed E-state index contributed by atoms with van der Waals surface area (Å²) in [5, 5.41) is 15.3. The van der Waals surface area contributed by atoms with Gasteiger partial charge in [0.1, 0.15) is 5.82 Å². The van der Waals surface area contributed by atoms with Crippen molar-refractivity contribution in [1.29, 1.82) is 0 Å². The quantitative estimate of drug-likeness (QED) is 0.486. The molecule has 1 aliphatic rings. The van der Waals surface area contributed by atoms with Crippen LogP contribution in [0.5, 0.6) is 0 Å². The van der Waals surface area contributed by atoms with Crippen LogP contribution in [0.3, 0.4) is 0 Å². The molecule has 9 heteroatoms. The van der Waals surface area contributed by atoms with Gasteiger partial charge in [-0.1, -0.05) is 37.6 Å². The Labute approximate surface area is 196 Å². The van der Waals surface area contributed by atoms with Crippen molar-refractivity contribution in [2.75, 3.05) is 18.0 Å². The highest BCUT2D eigenvalue weighted by atomic mass is 35.5. The van der Waals surface area contributed by atoms with Crippen molar-refractivity contribution >= 4 is 29.0 Å². The molecule has 4 rings (SSSR count). The van der Waals surface area contributed by atoms with E-state index in [0.717, 1.165) is 22.6 Å². The van der Waals surface area contributed by atoms with Crippen LogP contribution in [0.4, 0.5) is 14.6 Å². The van der Waals surface area contributed by atoms with Gasteiger partial charge in [-0.05, 0) is 37.8 Å². The minimum atomic E-state index is -2.69. The molecule has 1 N–H and O–H groups in total. The van der Waals surface area contributed by atoms with E-state index in [-0.39, 0.29) is 18.9 Å². The van der Waals surface area contributed by atoms with Gasteiger partial charge in [0, 0.05) is 47.4 Å². The first-order valence-corrected chi connectivity index (χ1v) is 11.4. The van der Waals surface area contributed by atoms with Crippen LogP contribution in [0, 0.1) is 12.3 Å². The Balaban J connectivity index is 1.88. The van der Waals surface area contributed by atoms with Crippen molar-refractivity contribution in [3.63, 3.8) is 0 Å². The third kappa shape index (κ3) is 4.40. The smallest absolute Gasteiger partial charge is 0.311 e. The van der Waals surface area contributed by atoms with Crippen molar-refractivity contribution in [3.8, 4) is 11.3 Å². The predicted molar refractivity (Wildman–Crippen MR) is 124 cm³/mol. The monoisotopic (exact) mass is 476 g/mol. The minimum Gasteiger partial charge on any atom is -0.481 e. The van der Waals surface area contributed by atoms with E-state index in [9.17, 15) is 18.7 Å². The number of benzene rings is 1. The summed E-state index contributed by atoms with van der Waals surface area (Å²) < 4.78 is 28.5. The average molecular weight is 477 g/mol. The third-order valence-electron chi connectivity index (χ3n) is 6.40. The van der Waals surface area contributed by atoms with Crippen molar-refractivity contribution in [2.45, 2.75) is 52.4 Å². The number of rotatable bonds is 6. The zero-order valence-electron chi connectivity index (χ0n) is 18.9. The molecule has 1 atom stereocenters. The molecule has 2 aromatic heterocycles. The van der Waals surface area contributed by atoms with E-state index in [0.29, 0.717) is 29.3 Å². The Morgan fingerprint density at radius 3 is 2.58 bits per heavy atom. The van der Waals surface area contributed by atoms with Crippen LogP contribution in [0.15, 0.2) is 30.3 Å². The fraction of sp³-hybridized carbons (Fsp3) is 0.458. The molecule has 0 radical (unpaired) electrons. The molecule has 1 aromatic carbocycles. The number of anilines is 1. The number of carboxylic acid groups (broad SMARTS) is 1. The SMILES string of the molecule is Cc1nc2cc(-c3ccc(Cl)cc3)nn2c(N2CCCC(CC(F)F)(C(=O)O)C2)c1C(C)C. The second kappa shape index (κ2) is 8.89. The zero-order chi connectivity index (χ0) is 23.9. The van der Waals surface area contributed by atoms with Crippen molar-refractivity contribution in [3.05, 3.63) is 46.6 Å². The molecule has 1 saturated heterocycles. The molecule has 0 spiro atoms. The van der Waals surface area contributed by atoms with Gasteiger partial charge >= 0.3 is 5.97 Å². The number of aliphatic carboxylic acids is 1. The van der Waals surface area contributed by atoms with Crippen LogP contribution in [0.1, 0.15) is 50.3 Å². The third-order valence-corrected chi connectivity index (χ3v) is 6.65. The fourth-order valence-corrected chi connectivity index (χ4v) is 5.02. The summed E-state index contributed by atoms with van der Waals surface area (Å²) in [5.41, 5.74) is 2.45. The highest BCUT2D eigenvalue weighted by Crippen LogP contribution is 2.40. The van der Waals surface area contributed by atoms with Gasteiger partial charge in [0.15, 0.2) is 5.65 Å². The summed E-state index contributed by atoms with van der Waals surface area (Å²) in [6.45, 7) is 6.56. The summed E-state index contributed by atoms with van der Waals surface area (Å²) in [7, 11) is 0. The number of carbonyl (C=O) groups is 1. The molecule has 1 aliphatic heterocycles. The fourth-order valence-electron chi connectivity index (χ4n) is 4.89. The van der Waals surface area contributed by atoms with Gasteiger partial charge in [-0.15, -0.1) is 0 Å². The van der Waals surface area contributed by atoms with E-state index in [2.05, 4.69) is 0 Å². The first kappa shape index (κ1) is 23.4. The number of nitrogens with zero attached hydrogens (tertiary/aromatic N) is 4. The van der Waals surface area contributed by atoms with Crippen LogP contribution in [0.2, 0.25) is 5.02 Å². The Morgan fingerprint density at radius 2 is 1.97 bits per heavy atom. The van der Waals surface area contributed by atoms with Crippen molar-refractivity contribution < 1.29 is 18.7 Å². The van der Waals surface area contributed by atoms with Crippen LogP contribution in [0.25, 0.3) is 16.9 Å². The number of piperidine rings is 1. The topological polar surface area (TPSA) is 70.7 Å².